The van der Waals surface area contributed by atoms with Crippen LogP contribution in [0.5, 0.6) is 0 Å². The van der Waals surface area contributed by atoms with Gasteiger partial charge in [0, 0.05) is 5.69 Å². The van der Waals surface area contributed by atoms with Gasteiger partial charge in [-0.1, -0.05) is 36.4 Å². The smallest absolute Gasteiger partial charge is 0.346 e. The van der Waals surface area contributed by atoms with E-state index in [1.165, 1.54) is 16.3 Å². The molecule has 0 aliphatic rings. The van der Waals surface area contributed by atoms with Gasteiger partial charge in [-0.05, 0) is 49.7 Å². The molecule has 0 amide bonds. The fraction of sp³-hybridized carbons (Fsp3) is 0.150. The van der Waals surface area contributed by atoms with Crippen LogP contribution in [0.2, 0.25) is 0 Å². The molecule has 0 fully saturated rings. The number of thioether (sulfide) groups is 1. The third kappa shape index (κ3) is 3.61. The summed E-state index contributed by atoms with van der Waals surface area (Å²) in [5.41, 5.74) is 0.851. The zero-order valence-electron chi connectivity index (χ0n) is 14.9. The maximum absolute atomic E-state index is 13.2. The van der Waals surface area contributed by atoms with Gasteiger partial charge in [0.15, 0.2) is 10.3 Å². The molecule has 0 bridgehead atoms. The maximum Gasteiger partial charge on any atom is 0.346 e. The third-order valence-corrected chi connectivity index (χ3v) is 5.06. The van der Waals surface area contributed by atoms with E-state index in [0.29, 0.717) is 10.7 Å². The Morgan fingerprint density at radius 3 is 2.00 bits per heavy atom. The molecule has 0 saturated heterocycles. The topological polar surface area (TPSA) is 53.2 Å². The molecule has 138 valence electrons. The molecule has 27 heavy (non-hydrogen) atoms. The van der Waals surface area contributed by atoms with Gasteiger partial charge in [0.1, 0.15) is 5.03 Å². The molecule has 0 aliphatic heterocycles. The first kappa shape index (κ1) is 19.1. The van der Waals surface area contributed by atoms with Gasteiger partial charge in [-0.15, -0.1) is 11.8 Å². The average molecular weight is 399 g/mol. The van der Waals surface area contributed by atoms with E-state index in [2.05, 4.69) is 0 Å². The number of carbonyl (C=O) groups is 1. The van der Waals surface area contributed by atoms with Crippen LogP contribution in [0.15, 0.2) is 70.5 Å². The van der Waals surface area contributed by atoms with Crippen LogP contribution >= 0.6 is 24.0 Å². The van der Waals surface area contributed by atoms with E-state index >= 15 is 0 Å². The van der Waals surface area contributed by atoms with Crippen molar-refractivity contribution in [2.45, 2.75) is 11.9 Å². The molecule has 0 saturated carbocycles. The highest BCUT2D eigenvalue weighted by molar-refractivity contribution is 7.98. The van der Waals surface area contributed by atoms with Crippen molar-refractivity contribution in [2.75, 3.05) is 12.9 Å². The van der Waals surface area contributed by atoms with Crippen molar-refractivity contribution in [2.24, 2.45) is 0 Å². The Kier molecular flexibility index (Phi) is 5.93. The highest BCUT2D eigenvalue weighted by Crippen LogP contribution is 2.25. The predicted octanol–water partition coefficient (Wildman–Crippen LogP) is 4.26. The average Bonchev–Trinajstić information content (AvgIpc) is 2.69. The fourth-order valence-electron chi connectivity index (χ4n) is 2.77. The number of ether oxygens (including phenoxy) is 1. The minimum Gasteiger partial charge on any atom is -0.462 e. The van der Waals surface area contributed by atoms with Crippen molar-refractivity contribution in [3.8, 4) is 11.4 Å². The van der Waals surface area contributed by atoms with Crippen LogP contribution in [0.1, 0.15) is 17.3 Å². The number of benzene rings is 2. The third-order valence-electron chi connectivity index (χ3n) is 3.92. The Morgan fingerprint density at radius 1 is 1.00 bits per heavy atom. The maximum atomic E-state index is 13.2. The highest BCUT2D eigenvalue weighted by Gasteiger charge is 2.25. The second-order valence-electron chi connectivity index (χ2n) is 5.53. The molecule has 0 spiro atoms. The molecule has 2 aromatic carbocycles. The number of hydrogen-bond acceptors (Lipinski definition) is 5. The van der Waals surface area contributed by atoms with Crippen LogP contribution < -0.4 is 5.56 Å². The molecule has 1 aromatic heterocycles. The lowest BCUT2D eigenvalue weighted by Gasteiger charge is -2.19. The SMILES string of the molecule is CCOC(=O)c1c(SC)n(-c2ccccc2)c(=S)n(-c2ccccc2)c1=O. The lowest BCUT2D eigenvalue weighted by atomic mass is 10.2. The van der Waals surface area contributed by atoms with E-state index in [-0.39, 0.29) is 16.9 Å². The lowest BCUT2D eigenvalue weighted by Crippen LogP contribution is -2.31. The number of nitrogens with zero attached hydrogens (tertiary/aromatic N) is 2. The van der Waals surface area contributed by atoms with Gasteiger partial charge in [0.05, 0.1) is 12.3 Å². The number of hydrogen-bond donors (Lipinski definition) is 0. The lowest BCUT2D eigenvalue weighted by molar-refractivity contribution is 0.0517. The Balaban J connectivity index is 2.47. The number of aromatic nitrogens is 2. The molecule has 5 nitrogen and oxygen atoms in total. The standard InChI is InChI=1S/C20H18N2O3S2/c1-3-25-19(24)16-17(23)21(14-10-6-4-7-11-14)20(26)22(18(16)27-2)15-12-8-5-9-13-15/h4-13H,3H2,1-2H3. The summed E-state index contributed by atoms with van der Waals surface area (Å²) >= 11 is 6.95. The van der Waals surface area contributed by atoms with Crippen LogP contribution in [0, 0.1) is 4.77 Å². The summed E-state index contributed by atoms with van der Waals surface area (Å²) in [5.74, 6) is -0.656. The second-order valence-corrected chi connectivity index (χ2v) is 6.69. The van der Waals surface area contributed by atoms with Gasteiger partial charge in [-0.25, -0.2) is 4.79 Å². The number of esters is 1. The van der Waals surface area contributed by atoms with Crippen molar-refractivity contribution in [3.05, 3.63) is 81.4 Å². The van der Waals surface area contributed by atoms with Gasteiger partial charge in [-0.2, -0.15) is 0 Å². The molecule has 3 rings (SSSR count). The van der Waals surface area contributed by atoms with E-state index in [9.17, 15) is 9.59 Å². The second kappa shape index (κ2) is 8.37. The van der Waals surface area contributed by atoms with Crippen LogP contribution in [0.3, 0.4) is 0 Å². The van der Waals surface area contributed by atoms with Gasteiger partial charge in [0.2, 0.25) is 0 Å². The summed E-state index contributed by atoms with van der Waals surface area (Å²) < 4.78 is 8.55. The van der Waals surface area contributed by atoms with Gasteiger partial charge in [-0.3, -0.25) is 13.9 Å². The van der Waals surface area contributed by atoms with Crippen LogP contribution in [-0.2, 0) is 4.74 Å². The minimum atomic E-state index is -0.656. The molecular formula is C20H18N2O3S2. The van der Waals surface area contributed by atoms with Crippen molar-refractivity contribution in [1.82, 2.24) is 9.13 Å². The van der Waals surface area contributed by atoms with E-state index in [1.807, 2.05) is 48.5 Å². The zero-order valence-corrected chi connectivity index (χ0v) is 16.5. The van der Waals surface area contributed by atoms with Gasteiger partial charge in [0.25, 0.3) is 5.56 Å². The Hall–Kier alpha value is -2.64. The summed E-state index contributed by atoms with van der Waals surface area (Å²) in [7, 11) is 0. The molecular weight excluding hydrogens is 380 g/mol. The van der Waals surface area contributed by atoms with E-state index in [0.717, 1.165) is 5.69 Å². The minimum absolute atomic E-state index is 0.0225. The van der Waals surface area contributed by atoms with E-state index in [1.54, 1.807) is 29.9 Å². The first-order chi connectivity index (χ1) is 13.1. The molecule has 0 atom stereocenters. The van der Waals surface area contributed by atoms with E-state index < -0.39 is 11.5 Å². The number of carbonyl (C=O) groups excluding carboxylic acids is 1. The van der Waals surface area contributed by atoms with Gasteiger partial charge < -0.3 is 4.74 Å². The summed E-state index contributed by atoms with van der Waals surface area (Å²) in [6.45, 7) is 1.89. The summed E-state index contributed by atoms with van der Waals surface area (Å²) in [6, 6.07) is 18.4. The fourth-order valence-corrected chi connectivity index (χ4v) is 3.96. The molecule has 7 heteroatoms. The Bertz CT molecular complexity index is 1070. The zero-order chi connectivity index (χ0) is 19.4. The molecule has 0 radical (unpaired) electrons. The first-order valence-corrected chi connectivity index (χ1v) is 9.97. The molecule has 0 aliphatic carbocycles. The highest BCUT2D eigenvalue weighted by atomic mass is 32.2. The molecule has 3 aromatic rings. The summed E-state index contributed by atoms with van der Waals surface area (Å²) in [5, 5.41) is 0.460. The summed E-state index contributed by atoms with van der Waals surface area (Å²) in [6.07, 6.45) is 1.80. The monoisotopic (exact) mass is 398 g/mol. The van der Waals surface area contributed by atoms with E-state index in [4.69, 9.17) is 17.0 Å². The predicted molar refractivity (Wildman–Crippen MR) is 110 cm³/mol. The molecule has 0 N–H and O–H groups in total. The van der Waals surface area contributed by atoms with Crippen molar-refractivity contribution >= 4 is 29.9 Å². The first-order valence-electron chi connectivity index (χ1n) is 8.34. The van der Waals surface area contributed by atoms with Crippen LogP contribution in [0.4, 0.5) is 0 Å². The number of rotatable bonds is 5. The van der Waals surface area contributed by atoms with Gasteiger partial charge >= 0.3 is 5.97 Å². The van der Waals surface area contributed by atoms with Crippen LogP contribution in [0.25, 0.3) is 11.4 Å². The quantitative estimate of drug-likeness (QED) is 0.278. The normalized spacial score (nSPS) is 10.6. The summed E-state index contributed by atoms with van der Waals surface area (Å²) in [4.78, 5) is 25.9. The molecule has 0 unspecified atom stereocenters. The largest absolute Gasteiger partial charge is 0.462 e. The number of para-hydroxylation sites is 2. The van der Waals surface area contributed by atoms with Crippen molar-refractivity contribution < 1.29 is 9.53 Å². The van der Waals surface area contributed by atoms with Crippen molar-refractivity contribution in [3.63, 3.8) is 0 Å². The Labute approximate surface area is 166 Å². The van der Waals surface area contributed by atoms with Crippen LogP contribution in [-0.4, -0.2) is 28.0 Å². The molecule has 1 heterocycles. The van der Waals surface area contributed by atoms with Crippen molar-refractivity contribution in [1.29, 1.82) is 0 Å². The Morgan fingerprint density at radius 2 is 1.52 bits per heavy atom.